The Morgan fingerprint density at radius 2 is 1.47 bits per heavy atom. The minimum atomic E-state index is -0.368. The fourth-order valence-corrected chi connectivity index (χ4v) is 4.56. The Morgan fingerprint density at radius 3 is 2.15 bits per heavy atom. The Balaban J connectivity index is 1.16. The van der Waals surface area contributed by atoms with E-state index in [1.165, 1.54) is 0 Å². The fourth-order valence-electron chi connectivity index (χ4n) is 4.56. The van der Waals surface area contributed by atoms with Crippen molar-refractivity contribution in [3.8, 4) is 0 Å². The highest BCUT2D eigenvalue weighted by atomic mass is 16.6. The number of carbonyl (C=O) groups is 1. The van der Waals surface area contributed by atoms with Gasteiger partial charge in [0.05, 0.1) is 17.3 Å². The number of rotatable bonds is 6. The SMILES string of the molecule is O=C(NC(c1ccccc1)c1ccccc1)OC1CCN(Cc2ccc3ccccc3n2)CC1. The van der Waals surface area contributed by atoms with E-state index in [1.54, 1.807) is 0 Å². The third kappa shape index (κ3) is 5.43. The van der Waals surface area contributed by atoms with Gasteiger partial charge in [-0.2, -0.15) is 0 Å². The van der Waals surface area contributed by atoms with Crippen molar-refractivity contribution in [3.05, 3.63) is 114 Å². The first-order valence-electron chi connectivity index (χ1n) is 11.9. The van der Waals surface area contributed by atoms with Crippen LogP contribution in [0, 0.1) is 0 Å². The van der Waals surface area contributed by atoms with Crippen molar-refractivity contribution in [2.45, 2.75) is 31.5 Å². The highest BCUT2D eigenvalue weighted by molar-refractivity contribution is 5.78. The van der Waals surface area contributed by atoms with E-state index in [1.807, 2.05) is 72.8 Å². The molecule has 0 spiro atoms. The molecule has 34 heavy (non-hydrogen) atoms. The molecule has 0 aliphatic carbocycles. The molecule has 1 fully saturated rings. The lowest BCUT2D eigenvalue weighted by Gasteiger charge is -2.31. The predicted molar refractivity (Wildman–Crippen MR) is 134 cm³/mol. The summed E-state index contributed by atoms with van der Waals surface area (Å²) in [5, 5.41) is 4.24. The summed E-state index contributed by atoms with van der Waals surface area (Å²) in [5.41, 5.74) is 4.16. The molecule has 1 aliphatic heterocycles. The van der Waals surface area contributed by atoms with E-state index in [4.69, 9.17) is 9.72 Å². The first-order valence-corrected chi connectivity index (χ1v) is 11.9. The molecule has 1 aromatic heterocycles. The molecular weight excluding hydrogens is 422 g/mol. The minimum absolute atomic E-state index is 0.0759. The van der Waals surface area contributed by atoms with Gasteiger partial charge in [-0.25, -0.2) is 4.79 Å². The molecule has 0 unspecified atom stereocenters. The average Bonchev–Trinajstić information content (AvgIpc) is 2.89. The maximum Gasteiger partial charge on any atom is 0.408 e. The summed E-state index contributed by atoms with van der Waals surface area (Å²) in [6.07, 6.45) is 1.20. The van der Waals surface area contributed by atoms with Gasteiger partial charge in [0.25, 0.3) is 0 Å². The van der Waals surface area contributed by atoms with Crippen molar-refractivity contribution >= 4 is 17.0 Å². The second kappa shape index (κ2) is 10.5. The molecule has 5 rings (SSSR count). The highest BCUT2D eigenvalue weighted by Gasteiger charge is 2.24. The van der Waals surface area contributed by atoms with Gasteiger partial charge in [0.1, 0.15) is 6.10 Å². The lowest BCUT2D eigenvalue weighted by molar-refractivity contribution is 0.0473. The monoisotopic (exact) mass is 451 g/mol. The van der Waals surface area contributed by atoms with Gasteiger partial charge in [-0.15, -0.1) is 0 Å². The molecule has 2 heterocycles. The molecule has 0 atom stereocenters. The molecule has 5 nitrogen and oxygen atoms in total. The van der Waals surface area contributed by atoms with E-state index in [2.05, 4.69) is 34.5 Å². The van der Waals surface area contributed by atoms with E-state index in [0.29, 0.717) is 0 Å². The molecule has 4 aromatic rings. The minimum Gasteiger partial charge on any atom is -0.446 e. The van der Waals surface area contributed by atoms with Crippen LogP contribution in [0.2, 0.25) is 0 Å². The number of nitrogens with zero attached hydrogens (tertiary/aromatic N) is 2. The quantitative estimate of drug-likeness (QED) is 0.408. The zero-order valence-corrected chi connectivity index (χ0v) is 19.1. The number of para-hydroxylation sites is 1. The van der Waals surface area contributed by atoms with Crippen molar-refractivity contribution < 1.29 is 9.53 Å². The predicted octanol–water partition coefficient (Wildman–Crippen LogP) is 5.72. The molecule has 3 aromatic carbocycles. The summed E-state index contributed by atoms with van der Waals surface area (Å²) >= 11 is 0. The van der Waals surface area contributed by atoms with Gasteiger partial charge in [-0.3, -0.25) is 9.88 Å². The van der Waals surface area contributed by atoms with Crippen LogP contribution in [0.1, 0.15) is 35.7 Å². The van der Waals surface area contributed by atoms with Gasteiger partial charge in [-0.05, 0) is 36.1 Å². The van der Waals surface area contributed by atoms with E-state index >= 15 is 0 Å². The van der Waals surface area contributed by atoms with Crippen LogP contribution in [0.3, 0.4) is 0 Å². The number of pyridine rings is 1. The standard InChI is InChI=1S/C29H29N3O2/c33-29(31-28(23-10-3-1-4-11-23)24-12-5-2-6-13-24)34-26-17-19-32(20-18-26)21-25-16-15-22-9-7-8-14-27(22)30-25/h1-16,26,28H,17-21H2,(H,31,33). The molecule has 0 radical (unpaired) electrons. The number of amides is 1. The van der Waals surface area contributed by atoms with Crippen molar-refractivity contribution in [2.75, 3.05) is 13.1 Å². The van der Waals surface area contributed by atoms with Crippen LogP contribution >= 0.6 is 0 Å². The summed E-state index contributed by atoms with van der Waals surface area (Å²) in [4.78, 5) is 20.0. The number of carbonyl (C=O) groups excluding carboxylic acids is 1. The number of ether oxygens (including phenoxy) is 1. The number of aromatic nitrogens is 1. The first kappa shape index (κ1) is 22.1. The van der Waals surface area contributed by atoms with Gasteiger partial charge >= 0.3 is 6.09 Å². The van der Waals surface area contributed by atoms with Gasteiger partial charge in [0, 0.05) is 25.0 Å². The number of benzene rings is 3. The topological polar surface area (TPSA) is 54.5 Å². The lowest BCUT2D eigenvalue weighted by Crippen LogP contribution is -2.40. The second-order valence-corrected chi connectivity index (χ2v) is 8.77. The van der Waals surface area contributed by atoms with Gasteiger partial charge in [-0.1, -0.05) is 84.9 Å². The molecule has 0 saturated carbocycles. The number of piperidine rings is 1. The molecule has 0 bridgehead atoms. The molecule has 1 saturated heterocycles. The fraction of sp³-hybridized carbons (Fsp3) is 0.241. The summed E-state index contributed by atoms with van der Waals surface area (Å²) < 4.78 is 5.83. The van der Waals surface area contributed by atoms with Crippen LogP contribution in [-0.2, 0) is 11.3 Å². The average molecular weight is 452 g/mol. The Morgan fingerprint density at radius 1 is 0.853 bits per heavy atom. The molecule has 1 aliphatic rings. The van der Waals surface area contributed by atoms with Gasteiger partial charge in [0.15, 0.2) is 0 Å². The second-order valence-electron chi connectivity index (χ2n) is 8.77. The summed E-state index contributed by atoms with van der Waals surface area (Å²) in [6.45, 7) is 2.58. The Kier molecular flexibility index (Phi) is 6.82. The van der Waals surface area contributed by atoms with Crippen LogP contribution < -0.4 is 5.32 Å². The lowest BCUT2D eigenvalue weighted by atomic mass is 9.99. The first-order chi connectivity index (χ1) is 16.7. The Labute approximate surface area is 200 Å². The van der Waals surface area contributed by atoms with Crippen LogP contribution in [-0.4, -0.2) is 35.2 Å². The molecular formula is C29H29N3O2. The number of likely N-dealkylation sites (tertiary alicyclic amines) is 1. The van der Waals surface area contributed by atoms with Crippen LogP contribution in [0.25, 0.3) is 10.9 Å². The van der Waals surface area contributed by atoms with Crippen molar-refractivity contribution in [3.63, 3.8) is 0 Å². The smallest absolute Gasteiger partial charge is 0.408 e. The van der Waals surface area contributed by atoms with E-state index in [-0.39, 0.29) is 18.2 Å². The number of hydrogen-bond acceptors (Lipinski definition) is 4. The number of fused-ring (bicyclic) bond motifs is 1. The van der Waals surface area contributed by atoms with E-state index < -0.39 is 0 Å². The van der Waals surface area contributed by atoms with Crippen molar-refractivity contribution in [1.82, 2.24) is 15.2 Å². The summed E-state index contributed by atoms with van der Waals surface area (Å²) in [5.74, 6) is 0. The normalized spacial score (nSPS) is 14.9. The Hall–Kier alpha value is -3.70. The molecule has 5 heteroatoms. The third-order valence-electron chi connectivity index (χ3n) is 6.38. The van der Waals surface area contributed by atoms with Crippen LogP contribution in [0.4, 0.5) is 4.79 Å². The van der Waals surface area contributed by atoms with E-state index in [9.17, 15) is 4.79 Å². The number of alkyl carbamates (subject to hydrolysis) is 1. The van der Waals surface area contributed by atoms with Crippen LogP contribution in [0.5, 0.6) is 0 Å². The zero-order valence-electron chi connectivity index (χ0n) is 19.1. The number of nitrogens with one attached hydrogen (secondary N) is 1. The molecule has 1 N–H and O–H groups in total. The van der Waals surface area contributed by atoms with Gasteiger partial charge in [0.2, 0.25) is 0 Å². The molecule has 1 amide bonds. The van der Waals surface area contributed by atoms with Crippen molar-refractivity contribution in [2.24, 2.45) is 0 Å². The zero-order chi connectivity index (χ0) is 23.2. The third-order valence-corrected chi connectivity index (χ3v) is 6.38. The van der Waals surface area contributed by atoms with E-state index in [0.717, 1.165) is 60.2 Å². The highest BCUT2D eigenvalue weighted by Crippen LogP contribution is 2.23. The summed E-state index contributed by atoms with van der Waals surface area (Å²) in [7, 11) is 0. The van der Waals surface area contributed by atoms with Crippen molar-refractivity contribution in [1.29, 1.82) is 0 Å². The summed E-state index contributed by atoms with van der Waals surface area (Å²) in [6, 6.07) is 32.2. The number of hydrogen-bond donors (Lipinski definition) is 1. The van der Waals surface area contributed by atoms with Crippen LogP contribution in [0.15, 0.2) is 97.1 Å². The maximum atomic E-state index is 12.8. The maximum absolute atomic E-state index is 12.8. The van der Waals surface area contributed by atoms with Gasteiger partial charge < -0.3 is 10.1 Å². The molecule has 172 valence electrons. The Bertz CT molecular complexity index is 1180. The largest absolute Gasteiger partial charge is 0.446 e.